The molecule has 0 aliphatic carbocycles. The van der Waals surface area contributed by atoms with Crippen LogP contribution in [0.15, 0.2) is 59.5 Å². The third-order valence-electron chi connectivity index (χ3n) is 5.01. The van der Waals surface area contributed by atoms with Crippen LogP contribution in [0.25, 0.3) is 0 Å². The van der Waals surface area contributed by atoms with Gasteiger partial charge in [0.1, 0.15) is 0 Å². The number of hydrogen-bond donors (Lipinski definition) is 1. The Bertz CT molecular complexity index is 896. The lowest BCUT2D eigenvalue weighted by Gasteiger charge is -2.34. The van der Waals surface area contributed by atoms with Crippen molar-refractivity contribution in [2.45, 2.75) is 17.9 Å². The molecule has 1 heterocycles. The lowest BCUT2D eigenvalue weighted by Crippen LogP contribution is -2.46. The first-order valence-electron chi connectivity index (χ1n) is 9.67. The van der Waals surface area contributed by atoms with Crippen LogP contribution in [-0.2, 0) is 16.6 Å². The highest BCUT2D eigenvalue weighted by Crippen LogP contribution is 2.15. The molecule has 9 heteroatoms. The molecule has 1 saturated heterocycles. The van der Waals surface area contributed by atoms with Crippen LogP contribution in [0.1, 0.15) is 12.0 Å². The van der Waals surface area contributed by atoms with Gasteiger partial charge in [0.15, 0.2) is 0 Å². The summed E-state index contributed by atoms with van der Waals surface area (Å²) in [5.74, 6) is 0. The third-order valence-corrected chi connectivity index (χ3v) is 6.49. The number of nitro groups is 1. The van der Waals surface area contributed by atoms with E-state index in [9.17, 15) is 18.5 Å². The van der Waals surface area contributed by atoms with Crippen molar-refractivity contribution < 1.29 is 13.3 Å². The van der Waals surface area contributed by atoms with Gasteiger partial charge >= 0.3 is 0 Å². The summed E-state index contributed by atoms with van der Waals surface area (Å²) in [4.78, 5) is 14.9. The van der Waals surface area contributed by atoms with Crippen LogP contribution in [0.2, 0.25) is 0 Å². The molecule has 0 unspecified atom stereocenters. The average molecular weight is 419 g/mol. The predicted octanol–water partition coefficient (Wildman–Crippen LogP) is 2.08. The van der Waals surface area contributed by atoms with Gasteiger partial charge in [0.2, 0.25) is 10.0 Å². The van der Waals surface area contributed by atoms with Crippen molar-refractivity contribution in [3.63, 3.8) is 0 Å². The molecule has 0 bridgehead atoms. The summed E-state index contributed by atoms with van der Waals surface area (Å²) >= 11 is 0. The molecule has 2 aromatic carbocycles. The van der Waals surface area contributed by atoms with E-state index in [-0.39, 0.29) is 10.6 Å². The summed E-state index contributed by atoms with van der Waals surface area (Å²) in [6.45, 7) is 6.09. The Hall–Kier alpha value is -2.33. The Balaban J connectivity index is 1.37. The number of nitrogens with one attached hydrogen (secondary N) is 1. The van der Waals surface area contributed by atoms with Gasteiger partial charge in [-0.1, -0.05) is 30.3 Å². The number of benzene rings is 2. The molecule has 0 amide bonds. The molecule has 1 aliphatic heterocycles. The summed E-state index contributed by atoms with van der Waals surface area (Å²) in [5, 5.41) is 10.7. The Morgan fingerprint density at radius 3 is 2.17 bits per heavy atom. The monoisotopic (exact) mass is 418 g/mol. The molecular formula is C20H26N4O4S. The number of nitro benzene ring substituents is 1. The number of rotatable bonds is 9. The number of hydrogen-bond acceptors (Lipinski definition) is 6. The number of nitrogens with zero attached hydrogens (tertiary/aromatic N) is 3. The van der Waals surface area contributed by atoms with E-state index < -0.39 is 14.9 Å². The van der Waals surface area contributed by atoms with E-state index >= 15 is 0 Å². The van der Waals surface area contributed by atoms with Crippen LogP contribution in [0, 0.1) is 10.1 Å². The van der Waals surface area contributed by atoms with Gasteiger partial charge in [0, 0.05) is 51.4 Å². The molecule has 1 aliphatic rings. The highest BCUT2D eigenvalue weighted by molar-refractivity contribution is 7.89. The van der Waals surface area contributed by atoms with E-state index in [4.69, 9.17) is 0 Å². The molecule has 3 rings (SSSR count). The fraction of sp³-hybridized carbons (Fsp3) is 0.400. The van der Waals surface area contributed by atoms with E-state index in [0.29, 0.717) is 13.0 Å². The second-order valence-electron chi connectivity index (χ2n) is 7.11. The maximum Gasteiger partial charge on any atom is 0.269 e. The maximum absolute atomic E-state index is 12.3. The van der Waals surface area contributed by atoms with E-state index in [1.165, 1.54) is 29.8 Å². The van der Waals surface area contributed by atoms with E-state index in [0.717, 1.165) is 39.3 Å². The maximum atomic E-state index is 12.3. The minimum absolute atomic E-state index is 0.0395. The van der Waals surface area contributed by atoms with Crippen molar-refractivity contribution in [1.29, 1.82) is 0 Å². The second kappa shape index (κ2) is 9.93. The Labute approximate surface area is 171 Å². The van der Waals surface area contributed by atoms with E-state index in [1.807, 2.05) is 6.07 Å². The molecule has 0 saturated carbocycles. The molecule has 0 atom stereocenters. The zero-order chi connectivity index (χ0) is 20.7. The molecule has 8 nitrogen and oxygen atoms in total. The molecule has 0 radical (unpaired) electrons. The summed E-state index contributed by atoms with van der Waals surface area (Å²) < 4.78 is 27.1. The van der Waals surface area contributed by atoms with Gasteiger partial charge in [0.25, 0.3) is 5.69 Å². The number of non-ortho nitro benzene ring substituents is 1. The van der Waals surface area contributed by atoms with E-state index in [1.54, 1.807) is 0 Å². The van der Waals surface area contributed by atoms with Crippen molar-refractivity contribution in [3.8, 4) is 0 Å². The van der Waals surface area contributed by atoms with Crippen molar-refractivity contribution in [3.05, 3.63) is 70.3 Å². The van der Waals surface area contributed by atoms with Gasteiger partial charge in [-0.25, -0.2) is 13.1 Å². The lowest BCUT2D eigenvalue weighted by atomic mass is 10.2. The van der Waals surface area contributed by atoms with E-state index in [2.05, 4.69) is 38.8 Å². The zero-order valence-electron chi connectivity index (χ0n) is 16.2. The van der Waals surface area contributed by atoms with Crippen molar-refractivity contribution in [2.24, 2.45) is 0 Å². The molecule has 156 valence electrons. The molecule has 2 aromatic rings. The predicted molar refractivity (Wildman–Crippen MR) is 111 cm³/mol. The van der Waals surface area contributed by atoms with Gasteiger partial charge in [-0.3, -0.25) is 15.0 Å². The van der Waals surface area contributed by atoms with Crippen LogP contribution < -0.4 is 4.72 Å². The average Bonchev–Trinajstić information content (AvgIpc) is 2.73. The second-order valence-corrected chi connectivity index (χ2v) is 8.87. The standard InChI is InChI=1S/C20H26N4O4S/c25-24(26)19-7-9-20(10-8-19)29(27,28)21-11-4-12-22-13-15-23(16-14-22)17-18-5-2-1-3-6-18/h1-3,5-10,21H,4,11-17H2. The Morgan fingerprint density at radius 2 is 1.55 bits per heavy atom. The highest BCUT2D eigenvalue weighted by atomic mass is 32.2. The summed E-state index contributed by atoms with van der Waals surface area (Å²) in [5.41, 5.74) is 1.19. The van der Waals surface area contributed by atoms with Crippen LogP contribution in [0.5, 0.6) is 0 Å². The zero-order valence-corrected chi connectivity index (χ0v) is 17.1. The molecule has 0 spiro atoms. The van der Waals surface area contributed by atoms with Gasteiger partial charge in [0.05, 0.1) is 9.82 Å². The first-order valence-corrected chi connectivity index (χ1v) is 11.2. The van der Waals surface area contributed by atoms with Crippen molar-refractivity contribution in [1.82, 2.24) is 14.5 Å². The van der Waals surface area contributed by atoms with Gasteiger partial charge in [-0.05, 0) is 30.7 Å². The first kappa shape index (κ1) is 21.4. The summed E-state index contributed by atoms with van der Waals surface area (Å²) in [6, 6.07) is 15.3. The summed E-state index contributed by atoms with van der Waals surface area (Å²) in [7, 11) is -3.65. The van der Waals surface area contributed by atoms with Gasteiger partial charge in [-0.15, -0.1) is 0 Å². The number of piperazine rings is 1. The molecule has 0 aromatic heterocycles. The van der Waals surface area contributed by atoms with Gasteiger partial charge in [-0.2, -0.15) is 0 Å². The molecule has 29 heavy (non-hydrogen) atoms. The topological polar surface area (TPSA) is 95.8 Å². The largest absolute Gasteiger partial charge is 0.301 e. The van der Waals surface area contributed by atoms with Crippen LogP contribution in [0.3, 0.4) is 0 Å². The summed E-state index contributed by atoms with van der Waals surface area (Å²) in [6.07, 6.45) is 0.713. The highest BCUT2D eigenvalue weighted by Gasteiger charge is 2.18. The van der Waals surface area contributed by atoms with Gasteiger partial charge < -0.3 is 4.90 Å². The molecule has 1 fully saturated rings. The van der Waals surface area contributed by atoms with Crippen LogP contribution in [-0.4, -0.2) is 62.4 Å². The Kier molecular flexibility index (Phi) is 7.32. The minimum Gasteiger partial charge on any atom is -0.301 e. The smallest absolute Gasteiger partial charge is 0.269 e. The SMILES string of the molecule is O=[N+]([O-])c1ccc(S(=O)(=O)NCCCN2CCN(Cc3ccccc3)CC2)cc1. The molecule has 1 N–H and O–H groups in total. The van der Waals surface area contributed by atoms with Crippen LogP contribution >= 0.6 is 0 Å². The fourth-order valence-electron chi connectivity index (χ4n) is 3.35. The quantitative estimate of drug-likeness (QED) is 0.381. The number of sulfonamides is 1. The van der Waals surface area contributed by atoms with Crippen LogP contribution in [0.4, 0.5) is 5.69 Å². The minimum atomic E-state index is -3.65. The Morgan fingerprint density at radius 1 is 0.931 bits per heavy atom. The third kappa shape index (κ3) is 6.33. The van der Waals surface area contributed by atoms with Crippen molar-refractivity contribution in [2.75, 3.05) is 39.3 Å². The fourth-order valence-corrected chi connectivity index (χ4v) is 4.43. The molecular weight excluding hydrogens is 392 g/mol. The lowest BCUT2D eigenvalue weighted by molar-refractivity contribution is -0.384. The first-order chi connectivity index (χ1) is 13.9. The van der Waals surface area contributed by atoms with Crippen molar-refractivity contribution >= 4 is 15.7 Å². The normalized spacial score (nSPS) is 16.0.